The van der Waals surface area contributed by atoms with Gasteiger partial charge >= 0.3 is 0 Å². The highest BCUT2D eigenvalue weighted by atomic mass is 16.5. The maximum atomic E-state index is 6.07. The van der Waals surface area contributed by atoms with Crippen molar-refractivity contribution in [2.45, 2.75) is 38.8 Å². The average Bonchev–Trinajstić information content (AvgIpc) is 3.00. The second-order valence-corrected chi connectivity index (χ2v) is 5.79. The molecule has 1 unspecified atom stereocenters. The number of hydrogen-bond donors (Lipinski definition) is 1. The molecule has 2 heteroatoms. The Labute approximate surface area is 127 Å². The lowest BCUT2D eigenvalue weighted by molar-refractivity contribution is 0.300. The minimum atomic E-state index is 0.293. The zero-order valence-corrected chi connectivity index (χ0v) is 12.9. The van der Waals surface area contributed by atoms with Crippen molar-refractivity contribution in [2.24, 2.45) is 0 Å². The first-order valence-corrected chi connectivity index (χ1v) is 7.77. The zero-order valence-electron chi connectivity index (χ0n) is 12.9. The second kappa shape index (κ2) is 6.31. The fraction of sp³-hybridized carbons (Fsp3) is 0.368. The van der Waals surface area contributed by atoms with Gasteiger partial charge in [-0.1, -0.05) is 36.4 Å². The second-order valence-electron chi connectivity index (χ2n) is 5.79. The molecule has 110 valence electrons. The van der Waals surface area contributed by atoms with Gasteiger partial charge in [0.2, 0.25) is 0 Å². The third kappa shape index (κ3) is 3.11. The lowest BCUT2D eigenvalue weighted by atomic mass is 10.1. The molecule has 2 aromatic rings. The monoisotopic (exact) mass is 281 g/mol. The van der Waals surface area contributed by atoms with E-state index in [4.69, 9.17) is 4.74 Å². The van der Waals surface area contributed by atoms with Crippen molar-refractivity contribution in [3.63, 3.8) is 0 Å². The first-order chi connectivity index (χ1) is 10.3. The summed E-state index contributed by atoms with van der Waals surface area (Å²) in [6.45, 7) is 2.79. The largest absolute Gasteiger partial charge is 0.489 e. The molecule has 21 heavy (non-hydrogen) atoms. The number of hydrogen-bond acceptors (Lipinski definition) is 2. The summed E-state index contributed by atoms with van der Waals surface area (Å²) in [4.78, 5) is 0. The number of aryl methyl sites for hydroxylation is 2. The number of para-hydroxylation sites is 1. The Morgan fingerprint density at radius 2 is 1.90 bits per heavy atom. The summed E-state index contributed by atoms with van der Waals surface area (Å²) in [5.74, 6) is 0.972. The summed E-state index contributed by atoms with van der Waals surface area (Å²) in [5, 5.41) is 3.27. The van der Waals surface area contributed by atoms with E-state index < -0.39 is 0 Å². The lowest BCUT2D eigenvalue weighted by Gasteiger charge is -2.16. The third-order valence-electron chi connectivity index (χ3n) is 4.38. The standard InChI is InChI=1S/C19H23NO/c1-14(20-2)18-8-3-4-9-19(18)21-13-15-10-11-16-6-5-7-17(16)12-15/h3-4,8-12,14,20H,5-7,13H2,1-2H3. The molecule has 0 aliphatic heterocycles. The number of nitrogens with one attached hydrogen (secondary N) is 1. The van der Waals surface area contributed by atoms with E-state index in [2.05, 4.69) is 48.6 Å². The molecule has 2 nitrogen and oxygen atoms in total. The van der Waals surface area contributed by atoms with Crippen molar-refractivity contribution in [3.05, 3.63) is 64.7 Å². The van der Waals surface area contributed by atoms with Crippen LogP contribution in [0.5, 0.6) is 5.75 Å². The van der Waals surface area contributed by atoms with E-state index in [1.807, 2.05) is 13.1 Å². The minimum Gasteiger partial charge on any atom is -0.489 e. The molecule has 0 fully saturated rings. The topological polar surface area (TPSA) is 21.3 Å². The highest BCUT2D eigenvalue weighted by molar-refractivity contribution is 5.37. The van der Waals surface area contributed by atoms with Gasteiger partial charge in [0.05, 0.1) is 0 Å². The SMILES string of the molecule is CNC(C)c1ccccc1OCc1ccc2c(c1)CCC2. The Hall–Kier alpha value is -1.80. The van der Waals surface area contributed by atoms with Crippen molar-refractivity contribution >= 4 is 0 Å². The van der Waals surface area contributed by atoms with E-state index in [0.29, 0.717) is 12.6 Å². The van der Waals surface area contributed by atoms with E-state index >= 15 is 0 Å². The van der Waals surface area contributed by atoms with Crippen LogP contribution < -0.4 is 10.1 Å². The molecule has 1 aliphatic carbocycles. The Balaban J connectivity index is 1.73. The van der Waals surface area contributed by atoms with Gasteiger partial charge in [0.15, 0.2) is 0 Å². The van der Waals surface area contributed by atoms with Gasteiger partial charge in [-0.25, -0.2) is 0 Å². The lowest BCUT2D eigenvalue weighted by Crippen LogP contribution is -2.13. The molecule has 1 aliphatic rings. The van der Waals surface area contributed by atoms with Crippen LogP contribution in [0, 0.1) is 0 Å². The van der Waals surface area contributed by atoms with Crippen molar-refractivity contribution in [2.75, 3.05) is 7.05 Å². The van der Waals surface area contributed by atoms with E-state index in [1.165, 1.54) is 41.5 Å². The summed E-state index contributed by atoms with van der Waals surface area (Å²) in [6, 6.07) is 15.3. The predicted molar refractivity (Wildman–Crippen MR) is 86.7 cm³/mol. The predicted octanol–water partition coefficient (Wildman–Crippen LogP) is 4.03. The van der Waals surface area contributed by atoms with Gasteiger partial charge in [-0.15, -0.1) is 0 Å². The van der Waals surface area contributed by atoms with Crippen LogP contribution in [0.1, 0.15) is 41.6 Å². The van der Waals surface area contributed by atoms with Crippen LogP contribution in [0.2, 0.25) is 0 Å². The van der Waals surface area contributed by atoms with Crippen LogP contribution in [0.4, 0.5) is 0 Å². The van der Waals surface area contributed by atoms with Crippen LogP contribution in [0.3, 0.4) is 0 Å². The third-order valence-corrected chi connectivity index (χ3v) is 4.38. The first kappa shape index (κ1) is 14.2. The van der Waals surface area contributed by atoms with Crippen LogP contribution >= 0.6 is 0 Å². The van der Waals surface area contributed by atoms with Crippen molar-refractivity contribution < 1.29 is 4.74 Å². The molecule has 2 aromatic carbocycles. The van der Waals surface area contributed by atoms with Crippen LogP contribution in [-0.4, -0.2) is 7.05 Å². The number of fused-ring (bicyclic) bond motifs is 1. The number of ether oxygens (including phenoxy) is 1. The highest BCUT2D eigenvalue weighted by Crippen LogP contribution is 2.27. The molecular weight excluding hydrogens is 258 g/mol. The Morgan fingerprint density at radius 1 is 1.10 bits per heavy atom. The normalized spacial score (nSPS) is 14.8. The maximum absolute atomic E-state index is 6.07. The summed E-state index contributed by atoms with van der Waals surface area (Å²) >= 11 is 0. The molecule has 0 aromatic heterocycles. The van der Waals surface area contributed by atoms with Gasteiger partial charge in [0.25, 0.3) is 0 Å². The molecule has 0 bridgehead atoms. The smallest absolute Gasteiger partial charge is 0.124 e. The fourth-order valence-corrected chi connectivity index (χ4v) is 3.00. The van der Waals surface area contributed by atoms with E-state index in [1.54, 1.807) is 0 Å². The number of benzene rings is 2. The molecule has 0 radical (unpaired) electrons. The van der Waals surface area contributed by atoms with Crippen molar-refractivity contribution in [1.82, 2.24) is 5.32 Å². The summed E-state index contributed by atoms with van der Waals surface area (Å²) < 4.78 is 6.07. The fourth-order valence-electron chi connectivity index (χ4n) is 3.00. The quantitative estimate of drug-likeness (QED) is 0.893. The van der Waals surface area contributed by atoms with Crippen molar-refractivity contribution in [3.8, 4) is 5.75 Å². The molecule has 0 saturated carbocycles. The Kier molecular flexibility index (Phi) is 4.26. The highest BCUT2D eigenvalue weighted by Gasteiger charge is 2.12. The first-order valence-electron chi connectivity index (χ1n) is 7.77. The van der Waals surface area contributed by atoms with Gasteiger partial charge in [0, 0.05) is 11.6 Å². The molecule has 0 saturated heterocycles. The van der Waals surface area contributed by atoms with E-state index in [0.717, 1.165) is 5.75 Å². The van der Waals surface area contributed by atoms with Gasteiger partial charge in [0.1, 0.15) is 12.4 Å². The Morgan fingerprint density at radius 3 is 2.76 bits per heavy atom. The van der Waals surface area contributed by atoms with Gasteiger partial charge in [-0.3, -0.25) is 0 Å². The van der Waals surface area contributed by atoms with Gasteiger partial charge < -0.3 is 10.1 Å². The molecule has 3 rings (SSSR count). The molecule has 1 N–H and O–H groups in total. The summed E-state index contributed by atoms with van der Waals surface area (Å²) in [6.07, 6.45) is 3.75. The number of rotatable bonds is 5. The summed E-state index contributed by atoms with van der Waals surface area (Å²) in [5.41, 5.74) is 5.50. The minimum absolute atomic E-state index is 0.293. The van der Waals surface area contributed by atoms with Crippen LogP contribution in [-0.2, 0) is 19.4 Å². The van der Waals surface area contributed by atoms with E-state index in [-0.39, 0.29) is 0 Å². The Bertz CT molecular complexity index is 621. The van der Waals surface area contributed by atoms with Gasteiger partial charge in [-0.2, -0.15) is 0 Å². The maximum Gasteiger partial charge on any atom is 0.124 e. The van der Waals surface area contributed by atoms with Gasteiger partial charge in [-0.05, 0) is 56.0 Å². The van der Waals surface area contributed by atoms with Crippen molar-refractivity contribution in [1.29, 1.82) is 0 Å². The molecule has 0 heterocycles. The average molecular weight is 281 g/mol. The van der Waals surface area contributed by atoms with E-state index in [9.17, 15) is 0 Å². The molecule has 0 amide bonds. The zero-order chi connectivity index (χ0) is 14.7. The van der Waals surface area contributed by atoms with Crippen LogP contribution in [0.25, 0.3) is 0 Å². The summed E-state index contributed by atoms with van der Waals surface area (Å²) in [7, 11) is 1.97. The molecule has 0 spiro atoms. The molecule has 1 atom stereocenters. The van der Waals surface area contributed by atoms with Crippen LogP contribution in [0.15, 0.2) is 42.5 Å². The molecular formula is C19H23NO.